The van der Waals surface area contributed by atoms with Gasteiger partial charge < -0.3 is 10.2 Å². The molecule has 2 aromatic heterocycles. The van der Waals surface area contributed by atoms with Crippen LogP contribution < -0.4 is 10.2 Å². The molecule has 2 fully saturated rings. The molecule has 0 saturated carbocycles. The zero-order valence-electron chi connectivity index (χ0n) is 19.5. The van der Waals surface area contributed by atoms with Crippen molar-refractivity contribution in [3.63, 3.8) is 0 Å². The van der Waals surface area contributed by atoms with Crippen LogP contribution in [0.4, 0.5) is 13.9 Å². The van der Waals surface area contributed by atoms with Gasteiger partial charge in [0, 0.05) is 31.7 Å². The summed E-state index contributed by atoms with van der Waals surface area (Å²) in [5, 5.41) is 3.47. The molecule has 4 heterocycles. The van der Waals surface area contributed by atoms with E-state index in [4.69, 9.17) is 0 Å². The summed E-state index contributed by atoms with van der Waals surface area (Å²) in [4.78, 5) is 26.1. The molecule has 2 aliphatic heterocycles. The van der Waals surface area contributed by atoms with Gasteiger partial charge in [0.15, 0.2) is 5.13 Å². The number of anilines is 1. The summed E-state index contributed by atoms with van der Waals surface area (Å²) >= 11 is 1.34. The highest BCUT2D eigenvalue weighted by atomic mass is 32.1. The van der Waals surface area contributed by atoms with E-state index in [9.17, 15) is 13.6 Å². The second kappa shape index (κ2) is 10.8. The predicted octanol–water partition coefficient (Wildman–Crippen LogP) is 4.59. The van der Waals surface area contributed by atoms with E-state index in [1.165, 1.54) is 36.3 Å². The van der Waals surface area contributed by atoms with Crippen molar-refractivity contribution >= 4 is 22.4 Å². The third kappa shape index (κ3) is 5.67. The van der Waals surface area contributed by atoms with E-state index in [0.29, 0.717) is 16.8 Å². The van der Waals surface area contributed by atoms with E-state index in [1.807, 2.05) is 0 Å². The fourth-order valence-electron chi connectivity index (χ4n) is 5.10. The Morgan fingerprint density at radius 1 is 1.06 bits per heavy atom. The van der Waals surface area contributed by atoms with Crippen molar-refractivity contribution in [3.8, 4) is 0 Å². The highest BCUT2D eigenvalue weighted by molar-refractivity contribution is 7.17. The third-order valence-electron chi connectivity index (χ3n) is 6.99. The van der Waals surface area contributed by atoms with Crippen molar-refractivity contribution in [2.24, 2.45) is 0 Å². The number of carbonyl (C=O) groups excluding carboxylic acids is 1. The number of likely N-dealkylation sites (tertiary alicyclic amines) is 1. The van der Waals surface area contributed by atoms with Crippen LogP contribution in [0.15, 0.2) is 48.8 Å². The Bertz CT molecular complexity index is 1150. The van der Waals surface area contributed by atoms with Crippen molar-refractivity contribution in [1.29, 1.82) is 0 Å². The Morgan fingerprint density at radius 2 is 1.86 bits per heavy atom. The molecule has 1 aromatic carbocycles. The molecule has 5 rings (SSSR count). The van der Waals surface area contributed by atoms with Gasteiger partial charge in [0.05, 0.1) is 24.6 Å². The molecule has 3 aromatic rings. The van der Waals surface area contributed by atoms with Gasteiger partial charge in [-0.3, -0.25) is 14.7 Å². The van der Waals surface area contributed by atoms with Crippen LogP contribution in [0.1, 0.15) is 52.5 Å². The third-order valence-corrected chi connectivity index (χ3v) is 8.05. The Balaban J connectivity index is 1.12. The quantitative estimate of drug-likeness (QED) is 0.540. The van der Waals surface area contributed by atoms with E-state index >= 15 is 0 Å². The number of hydrogen-bond acceptors (Lipinski definition) is 6. The number of benzene rings is 1. The lowest BCUT2D eigenvalue weighted by Crippen LogP contribution is -2.48. The Hall–Kier alpha value is -2.91. The Kier molecular flexibility index (Phi) is 7.34. The van der Waals surface area contributed by atoms with E-state index in [1.54, 1.807) is 6.20 Å². The molecular weight excluding hydrogens is 468 g/mol. The molecule has 6 nitrogen and oxygen atoms in total. The summed E-state index contributed by atoms with van der Waals surface area (Å²) in [5.74, 6) is -1.25. The minimum Gasteiger partial charge on any atom is -0.348 e. The van der Waals surface area contributed by atoms with Crippen LogP contribution >= 0.6 is 11.3 Å². The molecule has 0 aliphatic carbocycles. The van der Waals surface area contributed by atoms with Crippen LogP contribution in [0.5, 0.6) is 0 Å². The number of halogens is 2. The zero-order valence-corrected chi connectivity index (χ0v) is 20.3. The monoisotopic (exact) mass is 497 g/mol. The average molecular weight is 498 g/mol. The molecule has 9 heteroatoms. The lowest BCUT2D eigenvalue weighted by molar-refractivity contribution is 0.0954. The van der Waals surface area contributed by atoms with Crippen LogP contribution in [-0.4, -0.2) is 53.0 Å². The molecule has 1 atom stereocenters. The van der Waals surface area contributed by atoms with Gasteiger partial charge in [0.1, 0.15) is 16.5 Å². The molecule has 2 saturated heterocycles. The summed E-state index contributed by atoms with van der Waals surface area (Å²) in [6.45, 7) is 4.01. The summed E-state index contributed by atoms with van der Waals surface area (Å²) in [5.41, 5.74) is 1.44. The number of hydrogen-bond donors (Lipinski definition) is 1. The first-order chi connectivity index (χ1) is 17.1. The zero-order chi connectivity index (χ0) is 24.2. The highest BCUT2D eigenvalue weighted by Crippen LogP contribution is 2.32. The first-order valence-electron chi connectivity index (χ1n) is 12.1. The van der Waals surface area contributed by atoms with Crippen molar-refractivity contribution < 1.29 is 13.6 Å². The lowest BCUT2D eigenvalue weighted by atomic mass is 9.89. The molecule has 1 N–H and O–H groups in total. The van der Waals surface area contributed by atoms with E-state index in [0.717, 1.165) is 49.9 Å². The highest BCUT2D eigenvalue weighted by Gasteiger charge is 2.30. The fourth-order valence-corrected chi connectivity index (χ4v) is 5.98. The molecule has 0 spiro atoms. The second-order valence-electron chi connectivity index (χ2n) is 9.23. The van der Waals surface area contributed by atoms with Gasteiger partial charge in [0.2, 0.25) is 0 Å². The minimum absolute atomic E-state index is 0.00113. The maximum atomic E-state index is 13.8. The number of amides is 1. The van der Waals surface area contributed by atoms with Crippen molar-refractivity contribution in [3.05, 3.63) is 76.6 Å². The van der Waals surface area contributed by atoms with E-state index < -0.39 is 11.6 Å². The fraction of sp³-hybridized carbons (Fsp3) is 0.423. The first-order valence-corrected chi connectivity index (χ1v) is 13.0. The van der Waals surface area contributed by atoms with E-state index in [-0.39, 0.29) is 18.1 Å². The van der Waals surface area contributed by atoms with Gasteiger partial charge >= 0.3 is 0 Å². The molecular formula is C26H29F2N5OS. The van der Waals surface area contributed by atoms with Gasteiger partial charge in [-0.15, -0.1) is 0 Å². The molecule has 0 radical (unpaired) electrons. The van der Waals surface area contributed by atoms with Crippen molar-refractivity contribution in [2.45, 2.75) is 44.2 Å². The second-order valence-corrected chi connectivity index (χ2v) is 10.2. The summed E-state index contributed by atoms with van der Waals surface area (Å²) < 4.78 is 26.8. The first kappa shape index (κ1) is 23.8. The standard InChI is InChI=1S/C26H29F2N5OS/c27-20-13-22(28)23(29-14-20)15-30-25(34)24-16-31-26(35-24)32-11-8-21(9-12-32)33-10-4-7-19(17-33)18-5-2-1-3-6-18/h1-3,5-6,13-14,16,19,21H,4,7-12,15,17H2,(H,30,34)/t19-/m0/s1. The summed E-state index contributed by atoms with van der Waals surface area (Å²) in [6.07, 6.45) is 7.15. The SMILES string of the molecule is O=C(NCc1ncc(F)cc1F)c1cnc(N2CCC(N3CCC[C@H](c4ccccc4)C3)CC2)s1. The molecule has 1 amide bonds. The predicted molar refractivity (Wildman–Crippen MR) is 133 cm³/mol. The average Bonchev–Trinajstić information content (AvgIpc) is 3.39. The van der Waals surface area contributed by atoms with Gasteiger partial charge in [0.25, 0.3) is 5.91 Å². The van der Waals surface area contributed by atoms with Gasteiger partial charge in [-0.1, -0.05) is 41.7 Å². The molecule has 184 valence electrons. The number of rotatable bonds is 6. The van der Waals surface area contributed by atoms with Crippen molar-refractivity contribution in [1.82, 2.24) is 20.2 Å². The maximum Gasteiger partial charge on any atom is 0.263 e. The summed E-state index contributed by atoms with van der Waals surface area (Å²) in [6, 6.07) is 12.2. The van der Waals surface area contributed by atoms with Gasteiger partial charge in [-0.25, -0.2) is 13.8 Å². The largest absolute Gasteiger partial charge is 0.348 e. The smallest absolute Gasteiger partial charge is 0.263 e. The van der Waals surface area contributed by atoms with Crippen LogP contribution in [0.25, 0.3) is 0 Å². The number of pyridine rings is 1. The maximum absolute atomic E-state index is 13.8. The number of nitrogens with zero attached hydrogens (tertiary/aromatic N) is 4. The number of thiazole rings is 1. The van der Waals surface area contributed by atoms with Crippen LogP contribution in [-0.2, 0) is 6.54 Å². The van der Waals surface area contributed by atoms with Gasteiger partial charge in [-0.05, 0) is 43.7 Å². The Morgan fingerprint density at radius 3 is 2.63 bits per heavy atom. The molecule has 0 unspecified atom stereocenters. The normalized spacial score (nSPS) is 19.6. The number of nitrogens with one attached hydrogen (secondary N) is 1. The topological polar surface area (TPSA) is 61.4 Å². The Labute approximate surface area is 208 Å². The number of aromatic nitrogens is 2. The summed E-state index contributed by atoms with van der Waals surface area (Å²) in [7, 11) is 0. The van der Waals surface area contributed by atoms with Crippen LogP contribution in [0, 0.1) is 11.6 Å². The number of carbonyl (C=O) groups is 1. The van der Waals surface area contributed by atoms with Crippen LogP contribution in [0.2, 0.25) is 0 Å². The van der Waals surface area contributed by atoms with E-state index in [2.05, 4.69) is 55.4 Å². The van der Waals surface area contributed by atoms with Crippen molar-refractivity contribution in [2.75, 3.05) is 31.1 Å². The van der Waals surface area contributed by atoms with Crippen LogP contribution in [0.3, 0.4) is 0 Å². The lowest BCUT2D eigenvalue weighted by Gasteiger charge is -2.42. The molecule has 0 bridgehead atoms. The molecule has 2 aliphatic rings. The molecule has 35 heavy (non-hydrogen) atoms. The number of piperidine rings is 2. The minimum atomic E-state index is -0.776. The van der Waals surface area contributed by atoms with Gasteiger partial charge in [-0.2, -0.15) is 0 Å².